The summed E-state index contributed by atoms with van der Waals surface area (Å²) in [6.45, 7) is 5.10. The second-order valence-corrected chi connectivity index (χ2v) is 7.29. The van der Waals surface area contributed by atoms with Crippen molar-refractivity contribution in [2.45, 2.75) is 12.5 Å². The van der Waals surface area contributed by atoms with Gasteiger partial charge in [0.25, 0.3) is 11.7 Å². The third-order valence-electron chi connectivity index (χ3n) is 4.85. The lowest BCUT2D eigenvalue weighted by Crippen LogP contribution is -2.32. The standard InChI is InChI=1S/C23H26N2O5/c1-4-14-29-17-10-8-16(9-11-17)21(26)19-20(18-7-5-15-30-18)25(23(28)22(19)27)13-6-12-24(2)3/h4-5,7-11,15,20,26H,1,6,12-14H2,2-3H3/t20-/m1/s1. The van der Waals surface area contributed by atoms with Crippen molar-refractivity contribution >= 4 is 17.4 Å². The first-order valence-electron chi connectivity index (χ1n) is 9.74. The molecule has 30 heavy (non-hydrogen) atoms. The molecule has 7 heteroatoms. The zero-order chi connectivity index (χ0) is 21.7. The lowest BCUT2D eigenvalue weighted by molar-refractivity contribution is -0.140. The molecule has 1 aromatic heterocycles. The Kier molecular flexibility index (Phi) is 6.74. The molecule has 1 aromatic carbocycles. The van der Waals surface area contributed by atoms with E-state index in [-0.39, 0.29) is 11.3 Å². The molecule has 1 saturated heterocycles. The van der Waals surface area contributed by atoms with Gasteiger partial charge in [-0.3, -0.25) is 9.59 Å². The van der Waals surface area contributed by atoms with Crippen molar-refractivity contribution in [3.05, 3.63) is 72.2 Å². The van der Waals surface area contributed by atoms with Gasteiger partial charge in [0.05, 0.1) is 11.8 Å². The number of aliphatic hydroxyl groups excluding tert-OH is 1. The van der Waals surface area contributed by atoms with Crippen molar-refractivity contribution in [2.75, 3.05) is 33.8 Å². The van der Waals surface area contributed by atoms with Gasteiger partial charge in [0, 0.05) is 12.1 Å². The first kappa shape index (κ1) is 21.4. The maximum atomic E-state index is 12.8. The fraction of sp³-hybridized carbons (Fsp3) is 0.304. The van der Waals surface area contributed by atoms with Crippen LogP contribution in [0.1, 0.15) is 23.8 Å². The topological polar surface area (TPSA) is 83.2 Å². The summed E-state index contributed by atoms with van der Waals surface area (Å²) in [6, 6.07) is 9.30. The molecular formula is C23H26N2O5. The third-order valence-corrected chi connectivity index (χ3v) is 4.85. The maximum Gasteiger partial charge on any atom is 0.295 e. The minimum Gasteiger partial charge on any atom is -0.507 e. The molecule has 0 unspecified atom stereocenters. The summed E-state index contributed by atoms with van der Waals surface area (Å²) in [6.07, 6.45) is 3.81. The molecule has 0 spiro atoms. The molecular weight excluding hydrogens is 384 g/mol. The van der Waals surface area contributed by atoms with E-state index in [1.165, 1.54) is 11.2 Å². The average molecular weight is 410 g/mol. The van der Waals surface area contributed by atoms with Gasteiger partial charge >= 0.3 is 0 Å². The number of hydrogen-bond acceptors (Lipinski definition) is 6. The number of carbonyl (C=O) groups is 2. The minimum absolute atomic E-state index is 0.0274. The first-order chi connectivity index (χ1) is 14.4. The van der Waals surface area contributed by atoms with Crippen molar-refractivity contribution < 1.29 is 23.8 Å². The SMILES string of the molecule is C=CCOc1ccc(C(O)=C2C(=O)C(=O)N(CCCN(C)C)[C@@H]2c2ccco2)cc1. The van der Waals surface area contributed by atoms with Gasteiger partial charge < -0.3 is 24.1 Å². The van der Waals surface area contributed by atoms with Gasteiger partial charge in [0.15, 0.2) is 0 Å². The van der Waals surface area contributed by atoms with Crippen LogP contribution in [0.15, 0.2) is 65.3 Å². The van der Waals surface area contributed by atoms with Crippen LogP contribution in [0.5, 0.6) is 5.75 Å². The summed E-state index contributed by atoms with van der Waals surface area (Å²) >= 11 is 0. The number of ketones is 1. The number of hydrogen-bond donors (Lipinski definition) is 1. The number of ether oxygens (including phenoxy) is 1. The molecule has 1 fully saturated rings. The highest BCUT2D eigenvalue weighted by atomic mass is 16.5. The second-order valence-electron chi connectivity index (χ2n) is 7.29. The quantitative estimate of drug-likeness (QED) is 0.296. The normalized spacial score (nSPS) is 18.2. The Bertz CT molecular complexity index is 929. The Hall–Kier alpha value is -3.32. The van der Waals surface area contributed by atoms with Crippen LogP contribution in [0.25, 0.3) is 5.76 Å². The Morgan fingerprint density at radius 2 is 2.00 bits per heavy atom. The van der Waals surface area contributed by atoms with Gasteiger partial charge in [-0.05, 0) is 63.5 Å². The monoisotopic (exact) mass is 410 g/mol. The van der Waals surface area contributed by atoms with Gasteiger partial charge in [-0.15, -0.1) is 0 Å². The number of rotatable bonds is 9. The third kappa shape index (κ3) is 4.46. The van der Waals surface area contributed by atoms with E-state index >= 15 is 0 Å². The summed E-state index contributed by atoms with van der Waals surface area (Å²) in [5.74, 6) is -0.543. The van der Waals surface area contributed by atoms with E-state index < -0.39 is 17.7 Å². The summed E-state index contributed by atoms with van der Waals surface area (Å²) in [7, 11) is 3.89. The highest BCUT2D eigenvalue weighted by Crippen LogP contribution is 2.39. The van der Waals surface area contributed by atoms with Crippen molar-refractivity contribution in [2.24, 2.45) is 0 Å². The van der Waals surface area contributed by atoms with Gasteiger partial charge in [-0.1, -0.05) is 12.7 Å². The fourth-order valence-corrected chi connectivity index (χ4v) is 3.43. The van der Waals surface area contributed by atoms with Crippen LogP contribution in [-0.2, 0) is 9.59 Å². The Labute approximate surface area is 175 Å². The van der Waals surface area contributed by atoms with Crippen molar-refractivity contribution in [1.82, 2.24) is 9.80 Å². The van der Waals surface area contributed by atoms with E-state index in [0.717, 1.165) is 6.54 Å². The van der Waals surface area contributed by atoms with E-state index in [9.17, 15) is 14.7 Å². The summed E-state index contributed by atoms with van der Waals surface area (Å²) in [5, 5.41) is 10.9. The summed E-state index contributed by atoms with van der Waals surface area (Å²) in [4.78, 5) is 29.1. The largest absolute Gasteiger partial charge is 0.507 e. The molecule has 0 aliphatic carbocycles. The second kappa shape index (κ2) is 9.45. The fourth-order valence-electron chi connectivity index (χ4n) is 3.43. The molecule has 1 aliphatic rings. The lowest BCUT2D eigenvalue weighted by atomic mass is 9.99. The molecule has 3 rings (SSSR count). The van der Waals surface area contributed by atoms with Crippen LogP contribution in [0.2, 0.25) is 0 Å². The van der Waals surface area contributed by atoms with E-state index in [1.54, 1.807) is 42.5 Å². The number of likely N-dealkylation sites (tertiary alicyclic amines) is 1. The van der Waals surface area contributed by atoms with Crippen LogP contribution in [0, 0.1) is 0 Å². The number of aliphatic hydroxyl groups is 1. The molecule has 1 atom stereocenters. The van der Waals surface area contributed by atoms with Gasteiger partial charge in [0.1, 0.15) is 29.9 Å². The van der Waals surface area contributed by atoms with Crippen LogP contribution in [-0.4, -0.2) is 60.4 Å². The zero-order valence-electron chi connectivity index (χ0n) is 17.2. The molecule has 1 N–H and O–H groups in total. The summed E-state index contributed by atoms with van der Waals surface area (Å²) < 4.78 is 11.0. The number of benzene rings is 1. The zero-order valence-corrected chi connectivity index (χ0v) is 17.2. The highest BCUT2D eigenvalue weighted by Gasteiger charge is 2.47. The predicted octanol–water partition coefficient (Wildman–Crippen LogP) is 3.22. The van der Waals surface area contributed by atoms with Crippen LogP contribution >= 0.6 is 0 Å². The molecule has 2 heterocycles. The molecule has 158 valence electrons. The Morgan fingerprint density at radius 1 is 1.27 bits per heavy atom. The van der Waals surface area contributed by atoms with Crippen LogP contribution in [0.3, 0.4) is 0 Å². The molecule has 1 amide bonds. The molecule has 1 aliphatic heterocycles. The molecule has 0 radical (unpaired) electrons. The van der Waals surface area contributed by atoms with E-state index in [0.29, 0.717) is 36.6 Å². The molecule has 0 bridgehead atoms. The predicted molar refractivity (Wildman–Crippen MR) is 113 cm³/mol. The van der Waals surface area contributed by atoms with Crippen LogP contribution in [0.4, 0.5) is 0 Å². The smallest absolute Gasteiger partial charge is 0.295 e. The van der Waals surface area contributed by atoms with Gasteiger partial charge in [0.2, 0.25) is 0 Å². The van der Waals surface area contributed by atoms with Gasteiger partial charge in [-0.25, -0.2) is 0 Å². The van der Waals surface area contributed by atoms with E-state index in [2.05, 4.69) is 6.58 Å². The summed E-state index contributed by atoms with van der Waals surface area (Å²) in [5.41, 5.74) is 0.448. The molecule has 2 aromatic rings. The number of nitrogens with zero attached hydrogens (tertiary/aromatic N) is 2. The van der Waals surface area contributed by atoms with E-state index in [1.807, 2.05) is 19.0 Å². The average Bonchev–Trinajstić information content (AvgIpc) is 3.34. The van der Waals surface area contributed by atoms with Gasteiger partial charge in [-0.2, -0.15) is 0 Å². The Morgan fingerprint density at radius 3 is 2.60 bits per heavy atom. The number of Topliss-reactive ketones (excluding diaryl/α,β-unsaturated/α-hetero) is 1. The first-order valence-corrected chi connectivity index (χ1v) is 9.74. The van der Waals surface area contributed by atoms with Crippen LogP contribution < -0.4 is 4.74 Å². The lowest BCUT2D eigenvalue weighted by Gasteiger charge is -2.24. The number of amides is 1. The highest BCUT2D eigenvalue weighted by molar-refractivity contribution is 6.46. The maximum absolute atomic E-state index is 12.8. The number of carbonyl (C=O) groups excluding carboxylic acids is 2. The van der Waals surface area contributed by atoms with E-state index in [4.69, 9.17) is 9.15 Å². The molecule has 0 saturated carbocycles. The minimum atomic E-state index is -0.765. The van der Waals surface area contributed by atoms with Crippen molar-refractivity contribution in [3.8, 4) is 5.75 Å². The van der Waals surface area contributed by atoms with Crippen molar-refractivity contribution in [1.29, 1.82) is 0 Å². The Balaban J connectivity index is 1.96. The van der Waals surface area contributed by atoms with Crippen molar-refractivity contribution in [3.63, 3.8) is 0 Å². The molecule has 7 nitrogen and oxygen atoms in total. The number of furan rings is 1.